The largest absolute Gasteiger partial charge is 0.322 e. The van der Waals surface area contributed by atoms with E-state index in [1.807, 2.05) is 61.5 Å². The molecule has 2 N–H and O–H groups in total. The third-order valence-electron chi connectivity index (χ3n) is 4.65. The number of benzene rings is 3. The van der Waals surface area contributed by atoms with Crippen molar-refractivity contribution in [3.05, 3.63) is 101 Å². The topological polar surface area (TPSA) is 41.1 Å². The minimum atomic E-state index is -1.62. The first kappa shape index (κ1) is 20.6. The lowest BCUT2D eigenvalue weighted by Crippen LogP contribution is -2.40. The highest BCUT2D eigenvalue weighted by molar-refractivity contribution is 5.94. The summed E-state index contributed by atoms with van der Waals surface area (Å²) in [6.45, 7) is 3.61. The first-order chi connectivity index (χ1) is 13.9. The number of rotatable bonds is 6. The molecule has 0 heterocycles. The van der Waals surface area contributed by atoms with E-state index in [2.05, 4.69) is 10.6 Å². The number of hydrogen-bond acceptors (Lipinski definition) is 2. The molecular formula is C23H21F3N2O. The smallest absolute Gasteiger partial charge is 0.241 e. The van der Waals surface area contributed by atoms with Crippen LogP contribution in [0.2, 0.25) is 0 Å². The molecule has 6 heteroatoms. The van der Waals surface area contributed by atoms with Crippen LogP contribution in [-0.2, 0) is 4.79 Å². The molecule has 0 fully saturated rings. The highest BCUT2D eigenvalue weighted by atomic mass is 19.2. The van der Waals surface area contributed by atoms with E-state index in [-0.39, 0.29) is 6.04 Å². The van der Waals surface area contributed by atoms with Gasteiger partial charge in [0.05, 0.1) is 17.8 Å². The van der Waals surface area contributed by atoms with E-state index in [9.17, 15) is 18.0 Å². The molecule has 0 aliphatic heterocycles. The highest BCUT2D eigenvalue weighted by Crippen LogP contribution is 2.24. The van der Waals surface area contributed by atoms with Gasteiger partial charge in [-0.25, -0.2) is 13.2 Å². The predicted octanol–water partition coefficient (Wildman–Crippen LogP) is 5.12. The number of hydrogen-bond donors (Lipinski definition) is 2. The van der Waals surface area contributed by atoms with Crippen molar-refractivity contribution in [1.29, 1.82) is 0 Å². The molecule has 0 spiro atoms. The molecule has 0 aliphatic carbocycles. The van der Waals surface area contributed by atoms with E-state index in [0.717, 1.165) is 28.8 Å². The molecule has 0 aromatic heterocycles. The maximum atomic E-state index is 13.9. The molecule has 2 atom stereocenters. The Morgan fingerprint density at radius 1 is 0.828 bits per heavy atom. The van der Waals surface area contributed by atoms with Crippen LogP contribution in [0, 0.1) is 24.4 Å². The van der Waals surface area contributed by atoms with Gasteiger partial charge in [0.25, 0.3) is 0 Å². The fourth-order valence-corrected chi connectivity index (χ4v) is 2.98. The second-order valence-corrected chi connectivity index (χ2v) is 6.85. The van der Waals surface area contributed by atoms with Crippen molar-refractivity contribution < 1.29 is 18.0 Å². The number of halogens is 3. The summed E-state index contributed by atoms with van der Waals surface area (Å²) in [6.07, 6.45) is 0. The van der Waals surface area contributed by atoms with Gasteiger partial charge in [0.15, 0.2) is 17.5 Å². The quantitative estimate of drug-likeness (QED) is 0.566. The van der Waals surface area contributed by atoms with Gasteiger partial charge in [0.2, 0.25) is 5.91 Å². The fraction of sp³-hybridized carbons (Fsp3) is 0.174. The third kappa shape index (κ3) is 4.84. The summed E-state index contributed by atoms with van der Waals surface area (Å²) in [4.78, 5) is 12.6. The van der Waals surface area contributed by atoms with Crippen LogP contribution in [0.25, 0.3) is 0 Å². The molecule has 3 aromatic carbocycles. The normalized spacial score (nSPS) is 13.0. The van der Waals surface area contributed by atoms with E-state index in [1.54, 1.807) is 6.92 Å². The van der Waals surface area contributed by atoms with Crippen LogP contribution >= 0.6 is 0 Å². The van der Waals surface area contributed by atoms with E-state index in [4.69, 9.17) is 0 Å². The monoisotopic (exact) mass is 398 g/mol. The second-order valence-electron chi connectivity index (χ2n) is 6.85. The van der Waals surface area contributed by atoms with Crippen LogP contribution in [-0.4, -0.2) is 11.9 Å². The number of nitrogens with one attached hydrogen (secondary N) is 2. The Labute approximate surface area is 167 Å². The van der Waals surface area contributed by atoms with Crippen molar-refractivity contribution in [2.75, 3.05) is 5.32 Å². The average molecular weight is 398 g/mol. The first-order valence-electron chi connectivity index (χ1n) is 9.18. The summed E-state index contributed by atoms with van der Waals surface area (Å²) in [5.74, 6) is -4.92. The summed E-state index contributed by atoms with van der Waals surface area (Å²) in [5.41, 5.74) is 2.62. The number of anilines is 1. The molecule has 3 rings (SSSR count). The van der Waals surface area contributed by atoms with Crippen molar-refractivity contribution in [2.24, 2.45) is 0 Å². The van der Waals surface area contributed by atoms with Crippen molar-refractivity contribution in [2.45, 2.75) is 25.9 Å². The lowest BCUT2D eigenvalue weighted by Gasteiger charge is -2.24. The summed E-state index contributed by atoms with van der Waals surface area (Å²) < 4.78 is 40.4. The SMILES string of the molecule is Cc1ccc([C@@H](N[C@@H](C)C(=O)Nc2ccc(F)c(F)c2F)c2ccccc2)cc1. The standard InChI is InChI=1S/C23H21F3N2O/c1-14-8-10-17(11-9-14)22(16-6-4-3-5-7-16)27-15(2)23(29)28-19-13-12-18(24)20(25)21(19)26/h3-13,15,22,27H,1-2H3,(H,28,29)/t15-,22-/m0/s1. The Bertz CT molecular complexity index is 991. The van der Waals surface area contributed by atoms with Gasteiger partial charge in [-0.1, -0.05) is 60.2 Å². The van der Waals surface area contributed by atoms with Gasteiger partial charge < -0.3 is 5.32 Å². The van der Waals surface area contributed by atoms with Crippen LogP contribution in [0.3, 0.4) is 0 Å². The number of aryl methyl sites for hydroxylation is 1. The Morgan fingerprint density at radius 3 is 2.10 bits per heavy atom. The molecule has 150 valence electrons. The third-order valence-corrected chi connectivity index (χ3v) is 4.65. The molecule has 0 radical (unpaired) electrons. The molecule has 0 unspecified atom stereocenters. The molecule has 1 amide bonds. The number of carbonyl (C=O) groups is 1. The zero-order valence-electron chi connectivity index (χ0n) is 16.0. The number of amides is 1. The number of carbonyl (C=O) groups excluding carboxylic acids is 1. The summed E-state index contributed by atoms with van der Waals surface area (Å²) >= 11 is 0. The lowest BCUT2D eigenvalue weighted by atomic mass is 9.97. The second kappa shape index (κ2) is 8.92. The first-order valence-corrected chi connectivity index (χ1v) is 9.18. The molecule has 3 aromatic rings. The Kier molecular flexibility index (Phi) is 6.34. The van der Waals surface area contributed by atoms with Gasteiger partial charge in [-0.3, -0.25) is 10.1 Å². The lowest BCUT2D eigenvalue weighted by molar-refractivity contribution is -0.117. The van der Waals surface area contributed by atoms with Crippen molar-refractivity contribution in [3.63, 3.8) is 0 Å². The van der Waals surface area contributed by atoms with Gasteiger partial charge in [-0.15, -0.1) is 0 Å². The summed E-state index contributed by atoms with van der Waals surface area (Å²) in [7, 11) is 0. The minimum absolute atomic E-state index is 0.285. The van der Waals surface area contributed by atoms with E-state index >= 15 is 0 Å². The van der Waals surface area contributed by atoms with E-state index < -0.39 is 35.1 Å². The molecule has 0 aliphatic rings. The minimum Gasteiger partial charge on any atom is -0.322 e. The van der Waals surface area contributed by atoms with Gasteiger partial charge in [0, 0.05) is 0 Å². The Balaban J connectivity index is 1.81. The van der Waals surface area contributed by atoms with Crippen LogP contribution < -0.4 is 10.6 Å². The Morgan fingerprint density at radius 2 is 1.45 bits per heavy atom. The maximum absolute atomic E-state index is 13.9. The molecule has 0 saturated heterocycles. The molecule has 0 saturated carbocycles. The van der Waals surface area contributed by atoms with Crippen molar-refractivity contribution in [3.8, 4) is 0 Å². The maximum Gasteiger partial charge on any atom is 0.241 e. The van der Waals surface area contributed by atoms with Crippen LogP contribution in [0.15, 0.2) is 66.7 Å². The molecular weight excluding hydrogens is 377 g/mol. The zero-order chi connectivity index (χ0) is 21.0. The van der Waals surface area contributed by atoms with Gasteiger partial charge in [-0.2, -0.15) is 0 Å². The zero-order valence-corrected chi connectivity index (χ0v) is 16.0. The van der Waals surface area contributed by atoms with Crippen molar-refractivity contribution in [1.82, 2.24) is 5.32 Å². The van der Waals surface area contributed by atoms with E-state index in [0.29, 0.717) is 0 Å². The average Bonchev–Trinajstić information content (AvgIpc) is 2.73. The van der Waals surface area contributed by atoms with Gasteiger partial charge in [-0.05, 0) is 37.1 Å². The van der Waals surface area contributed by atoms with Gasteiger partial charge >= 0.3 is 0 Å². The molecule has 3 nitrogen and oxygen atoms in total. The predicted molar refractivity (Wildman–Crippen MR) is 107 cm³/mol. The molecule has 0 bridgehead atoms. The van der Waals surface area contributed by atoms with Crippen LogP contribution in [0.4, 0.5) is 18.9 Å². The summed E-state index contributed by atoms with van der Waals surface area (Å²) in [5, 5.41) is 5.54. The Hall–Kier alpha value is -3.12. The van der Waals surface area contributed by atoms with Crippen LogP contribution in [0.5, 0.6) is 0 Å². The highest BCUT2D eigenvalue weighted by Gasteiger charge is 2.22. The van der Waals surface area contributed by atoms with Crippen LogP contribution in [0.1, 0.15) is 29.7 Å². The molecule has 29 heavy (non-hydrogen) atoms. The van der Waals surface area contributed by atoms with E-state index in [1.165, 1.54) is 0 Å². The fourth-order valence-electron chi connectivity index (χ4n) is 2.98. The summed E-state index contributed by atoms with van der Waals surface area (Å²) in [6, 6.07) is 18.2. The van der Waals surface area contributed by atoms with Crippen molar-refractivity contribution >= 4 is 11.6 Å². The van der Waals surface area contributed by atoms with Gasteiger partial charge in [0.1, 0.15) is 0 Å².